The first-order chi connectivity index (χ1) is 13.4. The molecule has 158 valence electrons. The molecule has 1 heterocycles. The van der Waals surface area contributed by atoms with Crippen molar-refractivity contribution in [1.29, 1.82) is 0 Å². The number of amides is 1. The van der Waals surface area contributed by atoms with Crippen molar-refractivity contribution in [2.24, 2.45) is 0 Å². The molecule has 2 aromatic rings. The molecule has 29 heavy (non-hydrogen) atoms. The number of nitrogens with zero attached hydrogens (tertiary/aromatic N) is 1. The van der Waals surface area contributed by atoms with Gasteiger partial charge in [0.15, 0.2) is 0 Å². The first kappa shape index (κ1) is 23.0. The number of hydrogen-bond donors (Lipinski definition) is 3. The molecule has 0 saturated carbocycles. The summed E-state index contributed by atoms with van der Waals surface area (Å²) in [6.07, 6.45) is -4.40. The van der Waals surface area contributed by atoms with E-state index in [0.717, 1.165) is 5.69 Å². The van der Waals surface area contributed by atoms with E-state index >= 15 is 0 Å². The zero-order valence-electron chi connectivity index (χ0n) is 15.7. The number of piperazine rings is 1. The molecule has 1 amide bonds. The first-order valence-corrected chi connectivity index (χ1v) is 9.15. The molecule has 1 aliphatic heterocycles. The lowest BCUT2D eigenvalue weighted by atomic mass is 10.1. The second kappa shape index (κ2) is 10.5. The molecule has 1 aliphatic rings. The summed E-state index contributed by atoms with van der Waals surface area (Å²) in [5.74, 6) is -0.527. The van der Waals surface area contributed by atoms with Crippen LogP contribution in [-0.4, -0.2) is 55.7 Å². The van der Waals surface area contributed by atoms with Gasteiger partial charge < -0.3 is 16.0 Å². The monoisotopic (exact) mass is 428 g/mol. The Morgan fingerprint density at radius 2 is 1.69 bits per heavy atom. The number of anilines is 2. The molecule has 0 aliphatic carbocycles. The predicted molar refractivity (Wildman–Crippen MR) is 110 cm³/mol. The van der Waals surface area contributed by atoms with Crippen molar-refractivity contribution in [3.63, 3.8) is 0 Å². The number of carbonyl (C=O) groups is 1. The van der Waals surface area contributed by atoms with Crippen LogP contribution in [0.2, 0.25) is 0 Å². The van der Waals surface area contributed by atoms with E-state index in [0.29, 0.717) is 37.4 Å². The Kier molecular flexibility index (Phi) is 8.31. The molecule has 9 heteroatoms. The van der Waals surface area contributed by atoms with E-state index < -0.39 is 24.7 Å². The molecule has 0 spiro atoms. The van der Waals surface area contributed by atoms with E-state index in [-0.39, 0.29) is 12.4 Å². The third kappa shape index (κ3) is 6.62. The van der Waals surface area contributed by atoms with Gasteiger partial charge in [0.2, 0.25) is 0 Å². The van der Waals surface area contributed by atoms with Gasteiger partial charge in [-0.1, -0.05) is 24.3 Å². The summed E-state index contributed by atoms with van der Waals surface area (Å²) in [5.41, 5.74) is 1.85. The lowest BCUT2D eigenvalue weighted by Gasteiger charge is -2.35. The zero-order chi connectivity index (χ0) is 20.0. The molecule has 3 rings (SSSR count). The van der Waals surface area contributed by atoms with Crippen molar-refractivity contribution >= 4 is 29.7 Å². The molecule has 3 N–H and O–H groups in total. The summed E-state index contributed by atoms with van der Waals surface area (Å²) < 4.78 is 40.3. The van der Waals surface area contributed by atoms with Crippen molar-refractivity contribution in [2.45, 2.75) is 12.2 Å². The van der Waals surface area contributed by atoms with Gasteiger partial charge in [-0.15, -0.1) is 12.4 Å². The SMILES string of the molecule is Cl.O=C(NCC(N1CCNCC1)C(F)(F)F)c1cccc(Nc2ccccc2)c1. The number of hydrogen-bond acceptors (Lipinski definition) is 4. The molecule has 5 nitrogen and oxygen atoms in total. The highest BCUT2D eigenvalue weighted by atomic mass is 35.5. The number of carbonyl (C=O) groups excluding carboxylic acids is 1. The van der Waals surface area contributed by atoms with E-state index in [1.54, 1.807) is 24.3 Å². The van der Waals surface area contributed by atoms with Gasteiger partial charge >= 0.3 is 6.18 Å². The van der Waals surface area contributed by atoms with Crippen LogP contribution in [0.25, 0.3) is 0 Å². The van der Waals surface area contributed by atoms with Crippen molar-refractivity contribution in [2.75, 3.05) is 38.0 Å². The minimum Gasteiger partial charge on any atom is -0.356 e. The number of nitrogens with one attached hydrogen (secondary N) is 3. The number of rotatable bonds is 6. The highest BCUT2D eigenvalue weighted by Gasteiger charge is 2.43. The van der Waals surface area contributed by atoms with Gasteiger partial charge in [0.1, 0.15) is 6.04 Å². The number of para-hydroxylation sites is 1. The topological polar surface area (TPSA) is 56.4 Å². The summed E-state index contributed by atoms with van der Waals surface area (Å²) in [6.45, 7) is 1.15. The van der Waals surface area contributed by atoms with Gasteiger partial charge in [0, 0.05) is 49.7 Å². The van der Waals surface area contributed by atoms with Crippen LogP contribution in [0.1, 0.15) is 10.4 Å². The Balaban J connectivity index is 0.00000300. The van der Waals surface area contributed by atoms with E-state index in [1.165, 1.54) is 4.90 Å². The van der Waals surface area contributed by atoms with E-state index in [2.05, 4.69) is 16.0 Å². The Morgan fingerprint density at radius 1 is 1.03 bits per heavy atom. The molecule has 0 radical (unpaired) electrons. The maximum atomic E-state index is 13.4. The van der Waals surface area contributed by atoms with Crippen LogP contribution >= 0.6 is 12.4 Å². The van der Waals surface area contributed by atoms with Crippen LogP contribution in [0.15, 0.2) is 54.6 Å². The van der Waals surface area contributed by atoms with Crippen molar-refractivity contribution in [1.82, 2.24) is 15.5 Å². The second-order valence-corrected chi connectivity index (χ2v) is 6.63. The molecule has 0 bridgehead atoms. The summed E-state index contributed by atoms with van der Waals surface area (Å²) in [6, 6.07) is 14.4. The molecular formula is C20H24ClF3N4O. The molecule has 1 saturated heterocycles. The average Bonchev–Trinajstić information content (AvgIpc) is 2.69. The lowest BCUT2D eigenvalue weighted by molar-refractivity contribution is -0.183. The van der Waals surface area contributed by atoms with Gasteiger partial charge in [-0.05, 0) is 30.3 Å². The third-order valence-electron chi connectivity index (χ3n) is 4.61. The molecule has 1 unspecified atom stereocenters. The third-order valence-corrected chi connectivity index (χ3v) is 4.61. The average molecular weight is 429 g/mol. The molecule has 1 atom stereocenters. The van der Waals surface area contributed by atoms with Crippen molar-refractivity contribution in [3.8, 4) is 0 Å². The Morgan fingerprint density at radius 3 is 2.34 bits per heavy atom. The van der Waals surface area contributed by atoms with Gasteiger partial charge in [-0.3, -0.25) is 9.69 Å². The number of halogens is 4. The van der Waals surface area contributed by atoms with Crippen LogP contribution in [0.3, 0.4) is 0 Å². The second-order valence-electron chi connectivity index (χ2n) is 6.63. The molecule has 1 fully saturated rings. The van der Waals surface area contributed by atoms with Crippen LogP contribution < -0.4 is 16.0 Å². The summed E-state index contributed by atoms with van der Waals surface area (Å²) >= 11 is 0. The van der Waals surface area contributed by atoms with Crippen molar-refractivity contribution < 1.29 is 18.0 Å². The van der Waals surface area contributed by atoms with Crippen LogP contribution in [0.5, 0.6) is 0 Å². The fraction of sp³-hybridized carbons (Fsp3) is 0.350. The Hall–Kier alpha value is -2.29. The Labute approximate surface area is 174 Å². The van der Waals surface area contributed by atoms with Gasteiger partial charge in [-0.25, -0.2) is 0 Å². The quantitative estimate of drug-likeness (QED) is 0.660. The van der Waals surface area contributed by atoms with Gasteiger partial charge in [-0.2, -0.15) is 13.2 Å². The largest absolute Gasteiger partial charge is 0.405 e. The van der Waals surface area contributed by atoms with Crippen LogP contribution in [0.4, 0.5) is 24.5 Å². The van der Waals surface area contributed by atoms with E-state index in [1.807, 2.05) is 30.3 Å². The van der Waals surface area contributed by atoms with Crippen molar-refractivity contribution in [3.05, 3.63) is 60.2 Å². The minimum absolute atomic E-state index is 0. The fourth-order valence-electron chi connectivity index (χ4n) is 3.16. The summed E-state index contributed by atoms with van der Waals surface area (Å²) in [5, 5.41) is 8.64. The van der Waals surface area contributed by atoms with Gasteiger partial charge in [0.25, 0.3) is 5.91 Å². The standard InChI is InChI=1S/C20H23F3N4O.ClH/c21-20(22,23)18(27-11-9-24-10-12-27)14-25-19(28)15-5-4-8-17(13-15)26-16-6-2-1-3-7-16;/h1-8,13,18,24,26H,9-12,14H2,(H,25,28);1H. The van der Waals surface area contributed by atoms with Gasteiger partial charge in [0.05, 0.1) is 0 Å². The highest BCUT2D eigenvalue weighted by Crippen LogP contribution is 2.25. The number of alkyl halides is 3. The van der Waals surface area contributed by atoms with Crippen LogP contribution in [0, 0.1) is 0 Å². The maximum absolute atomic E-state index is 13.4. The normalized spacial score (nSPS) is 15.8. The minimum atomic E-state index is -4.40. The molecule has 0 aromatic heterocycles. The molecule has 2 aromatic carbocycles. The zero-order valence-corrected chi connectivity index (χ0v) is 16.5. The summed E-state index contributed by atoms with van der Waals surface area (Å²) in [7, 11) is 0. The highest BCUT2D eigenvalue weighted by molar-refractivity contribution is 5.95. The summed E-state index contributed by atoms with van der Waals surface area (Å²) in [4.78, 5) is 13.8. The predicted octanol–water partition coefficient (Wildman–Crippen LogP) is 3.42. The van der Waals surface area contributed by atoms with E-state index in [4.69, 9.17) is 0 Å². The maximum Gasteiger partial charge on any atom is 0.405 e. The Bertz CT molecular complexity index is 783. The number of benzene rings is 2. The lowest BCUT2D eigenvalue weighted by Crippen LogP contribution is -2.57. The molecular weight excluding hydrogens is 405 g/mol. The first-order valence-electron chi connectivity index (χ1n) is 9.15. The van der Waals surface area contributed by atoms with Crippen LogP contribution in [-0.2, 0) is 0 Å². The smallest absolute Gasteiger partial charge is 0.356 e. The fourth-order valence-corrected chi connectivity index (χ4v) is 3.16. The van der Waals surface area contributed by atoms with E-state index in [9.17, 15) is 18.0 Å².